The molecule has 2 rings (SSSR count). The maximum atomic E-state index is 12.8. The van der Waals surface area contributed by atoms with Crippen LogP contribution in [0.15, 0.2) is 29.2 Å². The summed E-state index contributed by atoms with van der Waals surface area (Å²) in [5, 5.41) is 17.9. The first-order chi connectivity index (χ1) is 16.1. The summed E-state index contributed by atoms with van der Waals surface area (Å²) in [6.07, 6.45) is 3.32. The lowest BCUT2D eigenvalue weighted by atomic mass is 9.93. The highest BCUT2D eigenvalue weighted by Gasteiger charge is 2.28. The first-order valence-electron chi connectivity index (χ1n) is 11.7. The average molecular weight is 497 g/mol. The van der Waals surface area contributed by atoms with Crippen molar-refractivity contribution < 1.29 is 27.9 Å². The molecular weight excluding hydrogens is 460 g/mol. The van der Waals surface area contributed by atoms with E-state index in [1.54, 1.807) is 18.2 Å². The highest BCUT2D eigenvalue weighted by Crippen LogP contribution is 2.23. The Kier molecular flexibility index (Phi) is 10.9. The van der Waals surface area contributed by atoms with Crippen LogP contribution in [0, 0.1) is 5.92 Å². The van der Waals surface area contributed by atoms with Crippen LogP contribution in [0.25, 0.3) is 0 Å². The van der Waals surface area contributed by atoms with Gasteiger partial charge in [-0.1, -0.05) is 32.0 Å². The minimum absolute atomic E-state index is 0.00905. The van der Waals surface area contributed by atoms with Crippen molar-refractivity contribution in [1.82, 2.24) is 20.7 Å². The summed E-state index contributed by atoms with van der Waals surface area (Å²) in [6.45, 7) is 5.35. The molecule has 1 saturated heterocycles. The van der Waals surface area contributed by atoms with Crippen molar-refractivity contribution >= 4 is 27.8 Å². The van der Waals surface area contributed by atoms with Crippen molar-refractivity contribution in [2.75, 3.05) is 26.2 Å². The van der Waals surface area contributed by atoms with Crippen LogP contribution in [0.5, 0.6) is 0 Å². The zero-order valence-corrected chi connectivity index (χ0v) is 20.6. The predicted octanol–water partition coefficient (Wildman–Crippen LogP) is 0.944. The van der Waals surface area contributed by atoms with Crippen molar-refractivity contribution in [2.45, 2.75) is 62.8 Å². The van der Waals surface area contributed by atoms with Gasteiger partial charge in [0.05, 0.1) is 4.90 Å². The predicted molar refractivity (Wildman–Crippen MR) is 128 cm³/mol. The van der Waals surface area contributed by atoms with Gasteiger partial charge in [-0.05, 0) is 55.8 Å². The fourth-order valence-electron chi connectivity index (χ4n) is 3.85. The number of carboxylic acid groups (broad SMARTS) is 1. The summed E-state index contributed by atoms with van der Waals surface area (Å²) in [5.41, 5.74) is 0.569. The summed E-state index contributed by atoms with van der Waals surface area (Å²) in [7, 11) is -4.12. The first-order valence-corrected chi connectivity index (χ1v) is 13.2. The molecule has 10 nitrogen and oxygen atoms in total. The number of hydrogen-bond acceptors (Lipinski definition) is 6. The third kappa shape index (κ3) is 9.03. The van der Waals surface area contributed by atoms with Gasteiger partial charge in [-0.2, -0.15) is 4.72 Å². The molecule has 1 aromatic carbocycles. The lowest BCUT2D eigenvalue weighted by Crippen LogP contribution is -2.48. The van der Waals surface area contributed by atoms with Crippen LogP contribution in [0.2, 0.25) is 0 Å². The number of aliphatic carboxylic acids is 1. The summed E-state index contributed by atoms with van der Waals surface area (Å²) in [5.74, 6) is -1.54. The highest BCUT2D eigenvalue weighted by molar-refractivity contribution is 7.89. The van der Waals surface area contributed by atoms with Gasteiger partial charge in [0.2, 0.25) is 21.8 Å². The molecule has 11 heteroatoms. The molecule has 34 heavy (non-hydrogen) atoms. The van der Waals surface area contributed by atoms with Crippen LogP contribution in [-0.2, 0) is 24.4 Å². The smallest absolute Gasteiger partial charge is 0.323 e. The standard InChI is InChI=1S/C23H36N4O6S/c1-16(2)18-5-3-4-6-20(18)34(32,33)27-19(23(30)31)15-26-22(29)11-14-25-21(28)8-7-17-9-12-24-13-10-17/h3-6,16-17,19,24,27H,7-15H2,1-2H3,(H,25,28)(H,26,29)(H,30,31)/t19-/m0/s1. The quantitative estimate of drug-likeness (QED) is 0.272. The molecule has 1 aliphatic rings. The van der Waals surface area contributed by atoms with Crippen molar-refractivity contribution in [1.29, 1.82) is 0 Å². The van der Waals surface area contributed by atoms with E-state index in [2.05, 4.69) is 20.7 Å². The van der Waals surface area contributed by atoms with Crippen LogP contribution < -0.4 is 20.7 Å². The molecule has 1 heterocycles. The Morgan fingerprint density at radius 1 is 1.06 bits per heavy atom. The zero-order valence-electron chi connectivity index (χ0n) is 19.8. The maximum absolute atomic E-state index is 12.8. The molecule has 1 fully saturated rings. The van der Waals surface area contributed by atoms with Gasteiger partial charge < -0.3 is 21.1 Å². The van der Waals surface area contributed by atoms with E-state index in [-0.39, 0.29) is 29.7 Å². The summed E-state index contributed by atoms with van der Waals surface area (Å²) in [4.78, 5) is 35.7. The Morgan fingerprint density at radius 3 is 2.35 bits per heavy atom. The van der Waals surface area contributed by atoms with Crippen LogP contribution >= 0.6 is 0 Å². The van der Waals surface area contributed by atoms with Crippen LogP contribution in [0.1, 0.15) is 57.4 Å². The number of carboxylic acids is 1. The fraction of sp³-hybridized carbons (Fsp3) is 0.609. The molecule has 1 atom stereocenters. The molecule has 0 aromatic heterocycles. The van der Waals surface area contributed by atoms with Gasteiger partial charge in [-0.3, -0.25) is 14.4 Å². The van der Waals surface area contributed by atoms with Gasteiger partial charge in [0, 0.05) is 25.9 Å². The van der Waals surface area contributed by atoms with Gasteiger partial charge in [0.15, 0.2) is 0 Å². The Labute approximate surface area is 201 Å². The van der Waals surface area contributed by atoms with Crippen molar-refractivity contribution in [3.63, 3.8) is 0 Å². The zero-order chi connectivity index (χ0) is 25.1. The van der Waals surface area contributed by atoms with Crippen molar-refractivity contribution in [3.05, 3.63) is 29.8 Å². The van der Waals surface area contributed by atoms with Gasteiger partial charge in [0.25, 0.3) is 0 Å². The largest absolute Gasteiger partial charge is 0.480 e. The number of piperidine rings is 1. The minimum atomic E-state index is -4.12. The molecule has 0 radical (unpaired) electrons. The van der Waals surface area contributed by atoms with E-state index >= 15 is 0 Å². The lowest BCUT2D eigenvalue weighted by Gasteiger charge is -2.22. The van der Waals surface area contributed by atoms with E-state index in [0.717, 1.165) is 32.4 Å². The minimum Gasteiger partial charge on any atom is -0.480 e. The molecule has 0 unspecified atom stereocenters. The molecule has 190 valence electrons. The van der Waals surface area contributed by atoms with E-state index in [1.807, 2.05) is 13.8 Å². The summed E-state index contributed by atoms with van der Waals surface area (Å²) >= 11 is 0. The van der Waals surface area contributed by atoms with E-state index < -0.39 is 34.5 Å². The monoisotopic (exact) mass is 496 g/mol. The third-order valence-electron chi connectivity index (χ3n) is 5.84. The van der Waals surface area contributed by atoms with Gasteiger partial charge in [-0.25, -0.2) is 8.42 Å². The third-order valence-corrected chi connectivity index (χ3v) is 7.39. The van der Waals surface area contributed by atoms with E-state index in [1.165, 1.54) is 6.07 Å². The van der Waals surface area contributed by atoms with Crippen molar-refractivity contribution in [2.24, 2.45) is 5.92 Å². The van der Waals surface area contributed by atoms with Gasteiger partial charge in [0.1, 0.15) is 6.04 Å². The van der Waals surface area contributed by atoms with Crippen molar-refractivity contribution in [3.8, 4) is 0 Å². The number of hydrogen-bond donors (Lipinski definition) is 5. The molecule has 5 N–H and O–H groups in total. The number of nitrogens with one attached hydrogen (secondary N) is 4. The highest BCUT2D eigenvalue weighted by atomic mass is 32.2. The lowest BCUT2D eigenvalue weighted by molar-refractivity contribution is -0.138. The number of sulfonamides is 1. The number of carbonyl (C=O) groups excluding carboxylic acids is 2. The van der Waals surface area contributed by atoms with Gasteiger partial charge >= 0.3 is 5.97 Å². The molecular formula is C23H36N4O6S. The number of rotatable bonds is 13. The van der Waals surface area contributed by atoms with Crippen LogP contribution in [0.4, 0.5) is 0 Å². The second kappa shape index (κ2) is 13.4. The topological polar surface area (TPSA) is 154 Å². The van der Waals surface area contributed by atoms with E-state index in [9.17, 15) is 27.9 Å². The maximum Gasteiger partial charge on any atom is 0.323 e. The summed E-state index contributed by atoms with van der Waals surface area (Å²) in [6, 6.07) is 4.85. The first kappa shape index (κ1) is 27.7. The SMILES string of the molecule is CC(C)c1ccccc1S(=O)(=O)N[C@@H](CNC(=O)CCNC(=O)CCC1CCNCC1)C(=O)O. The second-order valence-corrected chi connectivity index (χ2v) is 10.5. The Bertz CT molecular complexity index is 945. The van der Waals surface area contributed by atoms with Crippen LogP contribution in [-0.4, -0.2) is 63.5 Å². The number of amides is 2. The number of benzene rings is 1. The Hall–Kier alpha value is -2.50. The molecule has 0 spiro atoms. The normalized spacial score (nSPS) is 15.6. The molecule has 0 saturated carbocycles. The Morgan fingerprint density at radius 2 is 1.71 bits per heavy atom. The molecule has 0 aliphatic carbocycles. The van der Waals surface area contributed by atoms with E-state index in [4.69, 9.17) is 0 Å². The molecule has 2 amide bonds. The summed E-state index contributed by atoms with van der Waals surface area (Å²) < 4.78 is 27.8. The molecule has 1 aliphatic heterocycles. The molecule has 0 bridgehead atoms. The Balaban J connectivity index is 1.79. The fourth-order valence-corrected chi connectivity index (χ4v) is 5.40. The average Bonchev–Trinajstić information content (AvgIpc) is 2.81. The number of carbonyl (C=O) groups is 3. The van der Waals surface area contributed by atoms with Crippen LogP contribution in [0.3, 0.4) is 0 Å². The second-order valence-electron chi connectivity index (χ2n) is 8.84. The molecule has 1 aromatic rings. The van der Waals surface area contributed by atoms with E-state index in [0.29, 0.717) is 17.9 Å². The van der Waals surface area contributed by atoms with Gasteiger partial charge in [-0.15, -0.1) is 0 Å².